The predicted octanol–water partition coefficient (Wildman–Crippen LogP) is 1.70. The molecule has 0 bridgehead atoms. The van der Waals surface area contributed by atoms with Crippen molar-refractivity contribution in [3.05, 3.63) is 35.8 Å². The molecule has 1 unspecified atom stereocenters. The second-order valence-corrected chi connectivity index (χ2v) is 6.21. The number of aryl methyl sites for hydroxylation is 1. The molecule has 2 aromatic rings. The summed E-state index contributed by atoms with van der Waals surface area (Å²) in [7, 11) is 0. The van der Waals surface area contributed by atoms with Crippen LogP contribution in [0.2, 0.25) is 0 Å². The number of carbonyl (C=O) groups is 1. The smallest absolute Gasteiger partial charge is 0.356 e. The summed E-state index contributed by atoms with van der Waals surface area (Å²) >= 11 is 0. The fourth-order valence-corrected chi connectivity index (χ4v) is 3.58. The van der Waals surface area contributed by atoms with E-state index >= 15 is 0 Å². The number of aromatic carboxylic acids is 1. The Hall–Kier alpha value is -2.44. The third-order valence-electron chi connectivity index (χ3n) is 4.80. The van der Waals surface area contributed by atoms with Crippen LogP contribution in [-0.2, 0) is 12.8 Å². The van der Waals surface area contributed by atoms with Crippen LogP contribution in [-0.4, -0.2) is 43.7 Å². The summed E-state index contributed by atoms with van der Waals surface area (Å²) in [5.74, 6) is -0.306. The molecule has 23 heavy (non-hydrogen) atoms. The van der Waals surface area contributed by atoms with Gasteiger partial charge in [-0.3, -0.25) is 0 Å². The molecule has 1 saturated heterocycles. The summed E-state index contributed by atoms with van der Waals surface area (Å²) in [5, 5.41) is 8.89. The lowest BCUT2D eigenvalue weighted by molar-refractivity contribution is 0.0690. The van der Waals surface area contributed by atoms with E-state index in [0.717, 1.165) is 38.2 Å². The molecule has 2 aliphatic rings. The number of nitrogens with zero attached hydrogens (tertiary/aromatic N) is 5. The van der Waals surface area contributed by atoms with Crippen molar-refractivity contribution in [3.8, 4) is 0 Å². The van der Waals surface area contributed by atoms with E-state index in [4.69, 9.17) is 5.11 Å². The molecule has 0 saturated carbocycles. The molecule has 0 amide bonds. The molecule has 1 aliphatic heterocycles. The van der Waals surface area contributed by atoms with Gasteiger partial charge in [-0.05, 0) is 32.1 Å². The van der Waals surface area contributed by atoms with E-state index in [2.05, 4.69) is 24.4 Å². The Morgan fingerprint density at radius 2 is 2.04 bits per heavy atom. The number of anilines is 1. The molecular weight excluding hydrogens is 294 g/mol. The van der Waals surface area contributed by atoms with Crippen LogP contribution in [0.3, 0.4) is 0 Å². The number of imidazole rings is 1. The van der Waals surface area contributed by atoms with Gasteiger partial charge in [0, 0.05) is 18.8 Å². The fraction of sp³-hybridized carbons (Fsp3) is 0.500. The Kier molecular flexibility index (Phi) is 3.48. The van der Waals surface area contributed by atoms with Gasteiger partial charge in [0.15, 0.2) is 5.69 Å². The number of fused-ring (bicyclic) bond motifs is 1. The second-order valence-electron chi connectivity index (χ2n) is 6.21. The first-order valence-corrected chi connectivity index (χ1v) is 8.07. The topological polar surface area (TPSA) is 84.1 Å². The largest absolute Gasteiger partial charge is 0.476 e. The molecule has 7 nitrogen and oxygen atoms in total. The minimum atomic E-state index is -1.05. The van der Waals surface area contributed by atoms with Crippen molar-refractivity contribution in [3.63, 3.8) is 0 Å². The lowest BCUT2D eigenvalue weighted by atomic mass is 10.0. The van der Waals surface area contributed by atoms with Crippen LogP contribution in [0.15, 0.2) is 18.7 Å². The first-order valence-electron chi connectivity index (χ1n) is 8.07. The van der Waals surface area contributed by atoms with E-state index in [1.54, 1.807) is 6.20 Å². The molecule has 4 rings (SSSR count). The van der Waals surface area contributed by atoms with Gasteiger partial charge in [0.2, 0.25) is 0 Å². The Morgan fingerprint density at radius 3 is 2.83 bits per heavy atom. The third-order valence-corrected chi connectivity index (χ3v) is 4.80. The van der Waals surface area contributed by atoms with Crippen LogP contribution in [0.5, 0.6) is 0 Å². The van der Waals surface area contributed by atoms with E-state index < -0.39 is 5.97 Å². The zero-order valence-electron chi connectivity index (χ0n) is 12.9. The highest BCUT2D eigenvalue weighted by atomic mass is 16.4. The number of hydrogen-bond donors (Lipinski definition) is 1. The van der Waals surface area contributed by atoms with E-state index in [-0.39, 0.29) is 5.69 Å². The predicted molar refractivity (Wildman–Crippen MR) is 83.7 cm³/mol. The van der Waals surface area contributed by atoms with Gasteiger partial charge in [-0.1, -0.05) is 0 Å². The highest BCUT2D eigenvalue weighted by Crippen LogP contribution is 2.29. The highest BCUT2D eigenvalue weighted by Gasteiger charge is 2.28. The molecule has 120 valence electrons. The van der Waals surface area contributed by atoms with Crippen molar-refractivity contribution in [2.75, 3.05) is 18.0 Å². The minimum absolute atomic E-state index is 0.0202. The Bertz CT molecular complexity index is 725. The van der Waals surface area contributed by atoms with Crippen molar-refractivity contribution in [2.45, 2.75) is 38.1 Å². The van der Waals surface area contributed by atoms with Gasteiger partial charge in [-0.15, -0.1) is 0 Å². The van der Waals surface area contributed by atoms with E-state index in [1.807, 2.05) is 6.33 Å². The van der Waals surface area contributed by atoms with Crippen molar-refractivity contribution in [1.82, 2.24) is 19.5 Å². The van der Waals surface area contributed by atoms with E-state index in [0.29, 0.717) is 6.04 Å². The monoisotopic (exact) mass is 313 g/mol. The van der Waals surface area contributed by atoms with Gasteiger partial charge in [0.1, 0.15) is 5.82 Å². The van der Waals surface area contributed by atoms with Crippen LogP contribution in [0.1, 0.15) is 47.2 Å². The lowest BCUT2D eigenvalue weighted by Gasteiger charge is -2.20. The van der Waals surface area contributed by atoms with Gasteiger partial charge in [0.05, 0.1) is 30.5 Å². The third kappa shape index (κ3) is 2.56. The molecule has 0 aromatic carbocycles. The van der Waals surface area contributed by atoms with Crippen LogP contribution < -0.4 is 4.90 Å². The fourth-order valence-electron chi connectivity index (χ4n) is 3.58. The van der Waals surface area contributed by atoms with Crippen molar-refractivity contribution < 1.29 is 9.90 Å². The Morgan fingerprint density at radius 1 is 1.17 bits per heavy atom. The van der Waals surface area contributed by atoms with Crippen LogP contribution >= 0.6 is 0 Å². The number of hydrogen-bond acceptors (Lipinski definition) is 5. The number of rotatable bonds is 3. The first kappa shape index (κ1) is 14.2. The highest BCUT2D eigenvalue weighted by molar-refractivity contribution is 5.84. The lowest BCUT2D eigenvalue weighted by Crippen LogP contribution is -2.23. The van der Waals surface area contributed by atoms with Gasteiger partial charge in [-0.2, -0.15) is 0 Å². The molecule has 3 heterocycles. The number of carboxylic acid groups (broad SMARTS) is 1. The maximum Gasteiger partial charge on any atom is 0.356 e. The molecule has 1 fully saturated rings. The summed E-state index contributed by atoms with van der Waals surface area (Å²) < 4.78 is 2.34. The second kappa shape index (κ2) is 5.64. The molecular formula is C16H19N5O2. The van der Waals surface area contributed by atoms with Crippen molar-refractivity contribution in [2.24, 2.45) is 0 Å². The SMILES string of the molecule is O=C(O)c1cnc(N2CCC(n3cnc4c3CCCC4)C2)cn1. The summed E-state index contributed by atoms with van der Waals surface area (Å²) in [6.45, 7) is 1.77. The molecule has 1 N–H and O–H groups in total. The molecule has 0 radical (unpaired) electrons. The van der Waals surface area contributed by atoms with E-state index in [1.165, 1.54) is 30.4 Å². The standard InChI is InChI=1S/C16H19N5O2/c22-16(23)13-7-18-15(8-17-13)20-6-5-11(9-20)21-10-19-12-3-1-2-4-14(12)21/h7-8,10-11H,1-6,9H2,(H,22,23). The van der Waals surface area contributed by atoms with Crippen molar-refractivity contribution >= 4 is 11.8 Å². The quantitative estimate of drug-likeness (QED) is 0.928. The van der Waals surface area contributed by atoms with Gasteiger partial charge in [0.25, 0.3) is 0 Å². The average molecular weight is 313 g/mol. The van der Waals surface area contributed by atoms with Gasteiger partial charge < -0.3 is 14.6 Å². The van der Waals surface area contributed by atoms with E-state index in [9.17, 15) is 4.79 Å². The normalized spacial score (nSPS) is 20.5. The Labute approximate surface area is 134 Å². The zero-order valence-corrected chi connectivity index (χ0v) is 12.9. The molecule has 0 spiro atoms. The van der Waals surface area contributed by atoms with Gasteiger partial charge in [-0.25, -0.2) is 19.7 Å². The molecule has 2 aromatic heterocycles. The van der Waals surface area contributed by atoms with Crippen LogP contribution in [0.25, 0.3) is 0 Å². The Balaban J connectivity index is 1.51. The molecule has 1 aliphatic carbocycles. The summed E-state index contributed by atoms with van der Waals surface area (Å²) in [6.07, 6.45) is 10.6. The summed E-state index contributed by atoms with van der Waals surface area (Å²) in [4.78, 5) is 25.8. The van der Waals surface area contributed by atoms with Crippen molar-refractivity contribution in [1.29, 1.82) is 0 Å². The van der Waals surface area contributed by atoms with Gasteiger partial charge >= 0.3 is 5.97 Å². The molecule has 1 atom stereocenters. The number of aromatic nitrogens is 4. The summed E-state index contributed by atoms with van der Waals surface area (Å²) in [6, 6.07) is 0.408. The zero-order chi connectivity index (χ0) is 15.8. The van der Waals surface area contributed by atoms with Crippen LogP contribution in [0, 0.1) is 0 Å². The maximum atomic E-state index is 10.9. The number of carboxylic acids is 1. The summed E-state index contributed by atoms with van der Waals surface area (Å²) in [5.41, 5.74) is 2.64. The minimum Gasteiger partial charge on any atom is -0.476 e. The first-order chi connectivity index (χ1) is 11.2. The molecule has 7 heteroatoms. The maximum absolute atomic E-state index is 10.9. The van der Waals surface area contributed by atoms with Crippen LogP contribution in [0.4, 0.5) is 5.82 Å². The average Bonchev–Trinajstić information content (AvgIpc) is 3.21.